The van der Waals surface area contributed by atoms with Gasteiger partial charge in [-0.1, -0.05) is 351 Å². The van der Waals surface area contributed by atoms with Gasteiger partial charge >= 0.3 is 0 Å². The van der Waals surface area contributed by atoms with Crippen molar-refractivity contribution in [3.8, 4) is 117 Å². The van der Waals surface area contributed by atoms with E-state index in [9.17, 15) is 0 Å². The Morgan fingerprint density at radius 3 is 0.879 bits per heavy atom. The summed E-state index contributed by atoms with van der Waals surface area (Å²) in [5, 5.41) is 14.6. The number of para-hydroxylation sites is 3. The summed E-state index contributed by atoms with van der Waals surface area (Å²) < 4.78 is 26.7. The molecule has 3 aliphatic carbocycles. The van der Waals surface area contributed by atoms with E-state index in [4.69, 9.17) is 13.3 Å². The molecule has 0 radical (unpaired) electrons. The molecule has 0 spiro atoms. The Morgan fingerprint density at radius 1 is 0.170 bits per heavy atom. The van der Waals surface area contributed by atoms with E-state index in [1.165, 1.54) is 237 Å². The van der Waals surface area contributed by atoms with Gasteiger partial charge in [0.05, 0.1) is 33.1 Å². The third-order valence-electron chi connectivity index (χ3n) is 31.2. The Morgan fingerprint density at radius 2 is 0.475 bits per heavy atom. The average molecular weight is 1810 g/mol. The average Bonchev–Trinajstić information content (AvgIpc) is 1.55. The molecule has 0 aliphatic heterocycles. The maximum absolute atomic E-state index is 6.62. The molecule has 3 aliphatic rings. The molecule has 0 saturated carbocycles. The van der Waals surface area contributed by atoms with Crippen molar-refractivity contribution in [2.75, 3.05) is 0 Å². The number of rotatable bonds is 9. The van der Waals surface area contributed by atoms with Gasteiger partial charge in [0.2, 0.25) is 0 Å². The first-order valence-corrected chi connectivity index (χ1v) is 49.1. The molecule has 6 nitrogen and oxygen atoms in total. The standard InChI is InChI=1S/3C45H31NO/c1-45(2)38-21-19-32(27-37(38)43-39(45)22-20-34-33-15-9-10-16-42(33)47-44(34)43)46-40-23-17-30(28-11-5-3-6-12-28)25-35(40)36-26-31(18-24-41(36)46)29-13-7-4-8-14-29;1-45(2)38-21-19-32(27-35(38)33-20-24-42-43(44(33)45)34-15-9-10-16-41(34)47-42)46-39-22-17-30(28-11-5-3-6-12-28)25-36(39)37-26-31(18-23-40(37)46)29-13-7-4-8-14-29;1-45(2)39-20-19-32(25-34(39)35-27-44-38(26-40(35)45)33-15-9-10-16-43(33)47-44)46-41-21-17-30(28-11-5-3-6-12-28)23-36(41)37-24-31(18-22-42(37)46)29-13-7-4-8-14-29/h3*3-27H,1-2H3. The van der Waals surface area contributed by atoms with Crippen LogP contribution in [0.3, 0.4) is 0 Å². The second-order valence-electron chi connectivity index (χ2n) is 40.1. The first-order chi connectivity index (χ1) is 69.2. The van der Waals surface area contributed by atoms with E-state index in [2.05, 4.69) is 504 Å². The highest BCUT2D eigenvalue weighted by molar-refractivity contribution is 6.18. The summed E-state index contributed by atoms with van der Waals surface area (Å²) in [6.07, 6.45) is 0. The van der Waals surface area contributed by atoms with Crippen molar-refractivity contribution in [1.82, 2.24) is 13.7 Å². The highest BCUT2D eigenvalue weighted by Crippen LogP contribution is 2.58. The largest absolute Gasteiger partial charge is 0.456 e. The molecule has 0 saturated heterocycles. The van der Waals surface area contributed by atoms with Crippen LogP contribution in [0.4, 0.5) is 0 Å². The zero-order valence-corrected chi connectivity index (χ0v) is 78.9. The number of furan rings is 3. The smallest absolute Gasteiger partial charge is 0.143 e. The van der Waals surface area contributed by atoms with Gasteiger partial charge < -0.3 is 27.0 Å². The number of nitrogens with zero attached hydrogens (tertiary/aromatic N) is 3. The Labute approximate surface area is 815 Å². The van der Waals surface area contributed by atoms with E-state index in [-0.39, 0.29) is 16.2 Å². The van der Waals surface area contributed by atoms with Crippen molar-refractivity contribution >= 4 is 131 Å². The van der Waals surface area contributed by atoms with Crippen LogP contribution in [0.5, 0.6) is 0 Å². The fraction of sp³-hybridized carbons (Fsp3) is 0.0667. The molecule has 0 unspecified atom stereocenters. The lowest BCUT2D eigenvalue weighted by atomic mass is 9.80. The molecule has 141 heavy (non-hydrogen) atoms. The lowest BCUT2D eigenvalue weighted by Gasteiger charge is -2.22. The molecule has 0 N–H and O–H groups in total. The molecule has 0 bridgehead atoms. The van der Waals surface area contributed by atoms with Crippen LogP contribution in [-0.4, -0.2) is 13.7 Å². The lowest BCUT2D eigenvalue weighted by Crippen LogP contribution is -2.15. The fourth-order valence-electron chi connectivity index (χ4n) is 24.3. The van der Waals surface area contributed by atoms with Gasteiger partial charge in [-0.25, -0.2) is 0 Å². The molecule has 6 aromatic heterocycles. The van der Waals surface area contributed by atoms with E-state index in [0.717, 1.165) is 44.9 Å². The van der Waals surface area contributed by atoms with Gasteiger partial charge in [-0.3, -0.25) is 0 Å². The molecule has 27 aromatic rings. The Bertz CT molecular complexity index is 9580. The second kappa shape index (κ2) is 31.2. The van der Waals surface area contributed by atoms with Crippen LogP contribution in [0.2, 0.25) is 0 Å². The van der Waals surface area contributed by atoms with Crippen molar-refractivity contribution in [3.63, 3.8) is 0 Å². The van der Waals surface area contributed by atoms with E-state index >= 15 is 0 Å². The first kappa shape index (κ1) is 81.7. The van der Waals surface area contributed by atoms with Crippen LogP contribution in [0.25, 0.3) is 248 Å². The summed E-state index contributed by atoms with van der Waals surface area (Å²) in [5.74, 6) is 0. The van der Waals surface area contributed by atoms with Gasteiger partial charge in [0.1, 0.15) is 33.5 Å². The normalized spacial score (nSPS) is 13.5. The minimum atomic E-state index is -0.161. The first-order valence-electron chi connectivity index (χ1n) is 49.1. The predicted molar refractivity (Wildman–Crippen MR) is 589 cm³/mol. The zero-order chi connectivity index (χ0) is 93.8. The maximum Gasteiger partial charge on any atom is 0.143 e. The number of hydrogen-bond donors (Lipinski definition) is 0. The third kappa shape index (κ3) is 12.7. The van der Waals surface area contributed by atoms with Crippen LogP contribution in [-0.2, 0) is 16.2 Å². The molecule has 21 aromatic carbocycles. The van der Waals surface area contributed by atoms with Crippen molar-refractivity contribution in [2.24, 2.45) is 0 Å². The van der Waals surface area contributed by atoms with Crippen molar-refractivity contribution in [3.05, 3.63) is 488 Å². The number of aromatic nitrogens is 3. The summed E-state index contributed by atoms with van der Waals surface area (Å²) >= 11 is 0. The molecule has 0 atom stereocenters. The minimum Gasteiger partial charge on any atom is -0.456 e. The summed E-state index contributed by atoms with van der Waals surface area (Å²) in [6, 6.07) is 166. The van der Waals surface area contributed by atoms with Crippen LogP contribution < -0.4 is 0 Å². The van der Waals surface area contributed by atoms with Gasteiger partial charge in [-0.2, -0.15) is 0 Å². The van der Waals surface area contributed by atoms with Gasteiger partial charge in [0.25, 0.3) is 0 Å². The summed E-state index contributed by atoms with van der Waals surface area (Å²) in [4.78, 5) is 0. The van der Waals surface area contributed by atoms with Gasteiger partial charge in [0, 0.05) is 104 Å². The van der Waals surface area contributed by atoms with E-state index < -0.39 is 0 Å². The van der Waals surface area contributed by atoms with E-state index in [1.807, 2.05) is 6.07 Å². The molecular weight excluding hydrogens is 1710 g/mol. The number of benzene rings is 21. The van der Waals surface area contributed by atoms with Crippen molar-refractivity contribution < 1.29 is 13.3 Å². The topological polar surface area (TPSA) is 54.2 Å². The third-order valence-corrected chi connectivity index (χ3v) is 31.2. The van der Waals surface area contributed by atoms with Crippen molar-refractivity contribution in [2.45, 2.75) is 57.8 Å². The summed E-state index contributed by atoms with van der Waals surface area (Å²) in [5.41, 5.74) is 46.4. The van der Waals surface area contributed by atoms with E-state index in [1.54, 1.807) is 0 Å². The molecule has 6 heteroatoms. The SMILES string of the molecule is CC1(C)c2ccc(-n3c4ccc(-c5ccccc5)cc4c4cc(-c5ccccc5)ccc43)cc2-c2c1ccc1c2oc2ccccc21.CC1(C)c2ccc(-n3c4ccc(-c5ccccc5)cc4c4cc(-c5ccccc5)ccc43)cc2-c2cc3oc4ccccc4c3cc21.CC1(C)c2ccc(-n3c4ccc(-c5ccccc5)cc4c4cc(-c5ccccc5)ccc43)cc2-c2ccc3oc4ccccc4c3c21. The quantitative estimate of drug-likeness (QED) is 0.145. The minimum absolute atomic E-state index is 0.119. The molecule has 6 heterocycles. The van der Waals surface area contributed by atoms with E-state index in [0.29, 0.717) is 0 Å². The molecule has 0 fully saturated rings. The van der Waals surface area contributed by atoms with Crippen LogP contribution >= 0.6 is 0 Å². The fourth-order valence-corrected chi connectivity index (χ4v) is 24.3. The van der Waals surface area contributed by atoms with Gasteiger partial charge in [-0.05, 0) is 274 Å². The molecule has 666 valence electrons. The molecular formula is C135H93N3O3. The Balaban J connectivity index is 0.000000104. The second-order valence-corrected chi connectivity index (χ2v) is 40.1. The predicted octanol–water partition coefficient (Wildman–Crippen LogP) is 37.0. The number of fused-ring (bicyclic) bond motifs is 29. The molecule has 0 amide bonds. The Kier molecular flexibility index (Phi) is 18.1. The van der Waals surface area contributed by atoms with Crippen LogP contribution in [0.15, 0.2) is 468 Å². The van der Waals surface area contributed by atoms with Crippen molar-refractivity contribution in [1.29, 1.82) is 0 Å². The highest BCUT2D eigenvalue weighted by Gasteiger charge is 2.42. The monoisotopic (exact) mass is 1800 g/mol. The summed E-state index contributed by atoms with van der Waals surface area (Å²) in [7, 11) is 0. The Hall–Kier alpha value is -17.6. The van der Waals surface area contributed by atoms with Gasteiger partial charge in [0.15, 0.2) is 0 Å². The maximum atomic E-state index is 6.62. The van der Waals surface area contributed by atoms with Gasteiger partial charge in [-0.15, -0.1) is 0 Å². The van der Waals surface area contributed by atoms with Crippen LogP contribution in [0, 0.1) is 0 Å². The highest BCUT2D eigenvalue weighted by atomic mass is 16.3. The summed E-state index contributed by atoms with van der Waals surface area (Å²) in [6.45, 7) is 14.1. The lowest BCUT2D eigenvalue weighted by molar-refractivity contribution is 0.653. The zero-order valence-electron chi connectivity index (χ0n) is 78.9. The van der Waals surface area contributed by atoms with Crippen LogP contribution in [0.1, 0.15) is 74.9 Å². The number of hydrogen-bond acceptors (Lipinski definition) is 3. The molecule has 30 rings (SSSR count).